The molecule has 3 nitrogen and oxygen atoms in total. The van der Waals surface area contributed by atoms with Crippen molar-refractivity contribution in [1.82, 2.24) is 0 Å². The molecule has 0 heterocycles. The molecule has 15 heavy (non-hydrogen) atoms. The average molecular weight is 242 g/mol. The minimum absolute atomic E-state index is 0.116. The van der Waals surface area contributed by atoms with Gasteiger partial charge in [0.25, 0.3) is 0 Å². The van der Waals surface area contributed by atoms with Crippen LogP contribution < -0.4 is 0 Å². The van der Waals surface area contributed by atoms with Crippen LogP contribution in [-0.4, -0.2) is 13.5 Å². The van der Waals surface area contributed by atoms with Crippen LogP contribution in [0.15, 0.2) is 46.2 Å². The summed E-state index contributed by atoms with van der Waals surface area (Å²) in [6, 6.07) is 6.15. The Balaban J connectivity index is 2.81. The van der Waals surface area contributed by atoms with Crippen LogP contribution in [0.1, 0.15) is 6.92 Å². The highest BCUT2D eigenvalue weighted by molar-refractivity contribution is 8.14. The third kappa shape index (κ3) is 3.53. The topological polar surface area (TPSA) is 51.2 Å². The maximum absolute atomic E-state index is 11.3. The predicted molar refractivity (Wildman–Crippen MR) is 60.7 cm³/mol. The minimum atomic E-state index is -2.55. The third-order valence-corrected chi connectivity index (χ3v) is 3.37. The van der Waals surface area contributed by atoms with E-state index in [1.54, 1.807) is 19.1 Å². The lowest BCUT2D eigenvalue weighted by molar-refractivity contribution is -0.107. The van der Waals surface area contributed by atoms with Crippen molar-refractivity contribution in [1.29, 1.82) is 0 Å². The summed E-state index contributed by atoms with van der Waals surface area (Å²) in [6.45, 7) is 5.17. The first-order chi connectivity index (χ1) is 7.00. The molecule has 1 aromatic rings. The van der Waals surface area contributed by atoms with Gasteiger partial charge in [-0.15, -0.1) is 0 Å². The Morgan fingerprint density at radius 2 is 1.80 bits per heavy atom. The van der Waals surface area contributed by atoms with Gasteiger partial charge >= 0.3 is 0 Å². The summed E-state index contributed by atoms with van der Waals surface area (Å²) in [5, 5.41) is -0.116. The largest absolute Gasteiger partial charge is 0.282 e. The van der Waals surface area contributed by atoms with Crippen LogP contribution in [0.3, 0.4) is 0 Å². The maximum atomic E-state index is 11.3. The molecule has 0 N–H and O–H groups in total. The van der Waals surface area contributed by atoms with Crippen LogP contribution in [0.4, 0.5) is 0 Å². The van der Waals surface area contributed by atoms with Gasteiger partial charge in [-0.05, 0) is 48.5 Å². The van der Waals surface area contributed by atoms with Crippen LogP contribution in [0.5, 0.6) is 0 Å². The van der Waals surface area contributed by atoms with Crippen molar-refractivity contribution >= 4 is 27.6 Å². The molecule has 0 unspecified atom stereocenters. The molecule has 0 fully saturated rings. The summed E-state index contributed by atoms with van der Waals surface area (Å²) in [7, 11) is -2.55. The Kier molecular flexibility index (Phi) is 4.11. The molecule has 0 amide bonds. The van der Waals surface area contributed by atoms with Crippen molar-refractivity contribution in [3.8, 4) is 0 Å². The van der Waals surface area contributed by atoms with Crippen molar-refractivity contribution < 1.29 is 13.2 Å². The number of hydrogen-bond donors (Lipinski definition) is 1. The van der Waals surface area contributed by atoms with Gasteiger partial charge < -0.3 is 0 Å². The van der Waals surface area contributed by atoms with Gasteiger partial charge in [-0.25, -0.2) is 8.42 Å². The molecular weight excluding hydrogens is 232 g/mol. The van der Waals surface area contributed by atoms with Gasteiger partial charge in [0.1, 0.15) is 0 Å². The van der Waals surface area contributed by atoms with E-state index >= 15 is 0 Å². The zero-order valence-corrected chi connectivity index (χ0v) is 9.81. The molecule has 0 radical (unpaired) electrons. The van der Waals surface area contributed by atoms with E-state index in [-0.39, 0.29) is 10.0 Å². The molecule has 5 heteroatoms. The molecule has 0 aliphatic heterocycles. The number of hydrogen-bond acceptors (Lipinski definition) is 4. The number of benzene rings is 1. The van der Waals surface area contributed by atoms with Crippen LogP contribution >= 0.6 is 11.8 Å². The summed E-state index contributed by atoms with van der Waals surface area (Å²) in [5.74, 6) is 0. The fourth-order valence-electron chi connectivity index (χ4n) is 0.830. The van der Waals surface area contributed by atoms with E-state index in [1.807, 2.05) is 0 Å². The molecule has 0 atom stereocenters. The Morgan fingerprint density at radius 3 is 2.20 bits per heavy atom. The lowest BCUT2D eigenvalue weighted by Gasteiger charge is -1.99. The molecule has 0 aliphatic carbocycles. The minimum Gasteiger partial charge on any atom is -0.282 e. The Hall–Kier alpha value is -1.07. The van der Waals surface area contributed by atoms with E-state index in [9.17, 15) is 13.2 Å². The van der Waals surface area contributed by atoms with Gasteiger partial charge in [-0.1, -0.05) is 6.58 Å². The summed E-state index contributed by atoms with van der Waals surface area (Å²) >= 11 is 1.04. The Bertz CT molecular complexity index is 450. The molecule has 80 valence electrons. The molecule has 1 aromatic carbocycles. The zero-order valence-electron chi connectivity index (χ0n) is 8.10. The molecule has 1 rings (SSSR count). The first-order valence-electron chi connectivity index (χ1n) is 4.13. The molecule has 0 aromatic heterocycles. The van der Waals surface area contributed by atoms with Gasteiger partial charge in [0, 0.05) is 4.90 Å². The van der Waals surface area contributed by atoms with E-state index < -0.39 is 10.7 Å². The second-order valence-electron chi connectivity index (χ2n) is 2.92. The van der Waals surface area contributed by atoms with Gasteiger partial charge in [-0.3, -0.25) is 4.79 Å². The van der Waals surface area contributed by atoms with Crippen molar-refractivity contribution in [2.24, 2.45) is 0 Å². The first kappa shape index (κ1) is 12.0. The Labute approximate surface area is 94.1 Å². The highest BCUT2D eigenvalue weighted by atomic mass is 32.2. The first-order valence-corrected chi connectivity index (χ1v) is 6.12. The number of carbonyl (C=O) groups excluding carboxylic acids is 1. The van der Waals surface area contributed by atoms with Crippen LogP contribution in [0, 0.1) is 0 Å². The lowest BCUT2D eigenvalue weighted by atomic mass is 10.4. The fraction of sp³-hybridized carbons (Fsp3) is 0.100. The van der Waals surface area contributed by atoms with E-state index in [2.05, 4.69) is 6.58 Å². The number of thiol groups is 1. The SMILES string of the molecule is C=C(C)C(=O)Sc1ccc([SH](=O)=O)cc1. The molecule has 0 spiro atoms. The van der Waals surface area contributed by atoms with Crippen molar-refractivity contribution in [3.05, 3.63) is 36.4 Å². The second kappa shape index (κ2) is 5.14. The molecule has 0 saturated heterocycles. The summed E-state index contributed by atoms with van der Waals surface area (Å²) < 4.78 is 21.2. The fourth-order valence-corrected chi connectivity index (χ4v) is 1.88. The monoisotopic (exact) mass is 242 g/mol. The smallest absolute Gasteiger partial charge is 0.219 e. The summed E-state index contributed by atoms with van der Waals surface area (Å²) in [4.78, 5) is 12.2. The predicted octanol–water partition coefficient (Wildman–Crippen LogP) is 1.85. The van der Waals surface area contributed by atoms with E-state index in [1.165, 1.54) is 12.1 Å². The highest BCUT2D eigenvalue weighted by Gasteiger charge is 2.05. The quantitative estimate of drug-likeness (QED) is 0.499. The van der Waals surface area contributed by atoms with Crippen LogP contribution in [0.2, 0.25) is 0 Å². The molecular formula is C10H10O3S2. The standard InChI is InChI=1S/C10H10O3S2/c1-7(2)10(11)14-8-3-5-9(6-4-8)15(12)13/h3-6,15H,1H2,2H3. The van der Waals surface area contributed by atoms with Crippen molar-refractivity contribution in [3.63, 3.8) is 0 Å². The normalized spacial score (nSPS) is 10.3. The van der Waals surface area contributed by atoms with Gasteiger partial charge in [0.2, 0.25) is 5.12 Å². The molecule has 0 saturated carbocycles. The summed E-state index contributed by atoms with van der Waals surface area (Å²) in [5.41, 5.74) is 0.471. The molecule has 0 bridgehead atoms. The van der Waals surface area contributed by atoms with Gasteiger partial charge in [0.15, 0.2) is 10.7 Å². The zero-order chi connectivity index (χ0) is 11.4. The van der Waals surface area contributed by atoms with E-state index in [0.29, 0.717) is 10.5 Å². The second-order valence-corrected chi connectivity index (χ2v) is 5.00. The number of thioether (sulfide) groups is 1. The maximum Gasteiger partial charge on any atom is 0.219 e. The number of rotatable bonds is 3. The Morgan fingerprint density at radius 1 is 1.27 bits per heavy atom. The number of carbonyl (C=O) groups is 1. The van der Waals surface area contributed by atoms with Crippen molar-refractivity contribution in [2.45, 2.75) is 16.7 Å². The van der Waals surface area contributed by atoms with Gasteiger partial charge in [0.05, 0.1) is 4.90 Å². The lowest BCUT2D eigenvalue weighted by Crippen LogP contribution is -1.90. The van der Waals surface area contributed by atoms with Crippen molar-refractivity contribution in [2.75, 3.05) is 0 Å². The van der Waals surface area contributed by atoms with E-state index in [0.717, 1.165) is 11.8 Å². The van der Waals surface area contributed by atoms with Crippen LogP contribution in [0.25, 0.3) is 0 Å². The van der Waals surface area contributed by atoms with Crippen LogP contribution in [-0.2, 0) is 15.5 Å². The molecule has 0 aliphatic rings. The van der Waals surface area contributed by atoms with Gasteiger partial charge in [-0.2, -0.15) is 0 Å². The summed E-state index contributed by atoms with van der Waals surface area (Å²) in [6.07, 6.45) is 0. The highest BCUT2D eigenvalue weighted by Crippen LogP contribution is 2.22. The van der Waals surface area contributed by atoms with E-state index in [4.69, 9.17) is 0 Å². The third-order valence-electron chi connectivity index (χ3n) is 1.61. The average Bonchev–Trinajstić information content (AvgIpc) is 2.18.